The lowest BCUT2D eigenvalue weighted by Crippen LogP contribution is -2.53. The van der Waals surface area contributed by atoms with Crippen LogP contribution in [0.15, 0.2) is 4.99 Å². The van der Waals surface area contributed by atoms with Gasteiger partial charge in [-0.2, -0.15) is 4.37 Å². The average molecular weight is 382 g/mol. The first-order chi connectivity index (χ1) is 12.6. The van der Waals surface area contributed by atoms with Gasteiger partial charge in [0.05, 0.1) is 6.54 Å². The Balaban J connectivity index is 1.93. The van der Waals surface area contributed by atoms with E-state index >= 15 is 0 Å². The second-order valence-electron chi connectivity index (χ2n) is 6.59. The predicted molar refractivity (Wildman–Crippen MR) is 111 cm³/mol. The third kappa shape index (κ3) is 5.54. The summed E-state index contributed by atoms with van der Waals surface area (Å²) in [5, 5.41) is 4.52. The topological polar surface area (TPSA) is 59.9 Å². The fraction of sp³-hybridized carbons (Fsp3) is 0.833. The number of hydrogen-bond acceptors (Lipinski definition) is 6. The van der Waals surface area contributed by atoms with Crippen LogP contribution in [0.3, 0.4) is 0 Å². The van der Waals surface area contributed by atoms with Crippen molar-refractivity contribution in [1.29, 1.82) is 0 Å². The SMILES string of the molecule is CCNC(=NCC(C)N(CC)CC)N1CCN(c2nc(CC)ns2)CC1. The number of aliphatic imine (C=N–C) groups is 1. The second-order valence-corrected chi connectivity index (χ2v) is 7.32. The van der Waals surface area contributed by atoms with Crippen LogP contribution in [-0.4, -0.2) is 83.5 Å². The molecule has 0 aliphatic carbocycles. The molecule has 1 saturated heterocycles. The van der Waals surface area contributed by atoms with Crippen LogP contribution in [0.5, 0.6) is 0 Å². The summed E-state index contributed by atoms with van der Waals surface area (Å²) in [7, 11) is 0. The molecule has 2 heterocycles. The third-order valence-electron chi connectivity index (χ3n) is 4.90. The maximum absolute atomic E-state index is 4.91. The molecule has 148 valence electrons. The lowest BCUT2D eigenvalue weighted by atomic mass is 10.3. The molecule has 0 aromatic carbocycles. The summed E-state index contributed by atoms with van der Waals surface area (Å²) in [6.07, 6.45) is 0.901. The second kappa shape index (κ2) is 10.7. The van der Waals surface area contributed by atoms with E-state index in [4.69, 9.17) is 4.99 Å². The molecule has 0 spiro atoms. The number of likely N-dealkylation sites (N-methyl/N-ethyl adjacent to an activating group) is 1. The number of guanidine groups is 1. The van der Waals surface area contributed by atoms with Gasteiger partial charge in [-0.05, 0) is 26.9 Å². The van der Waals surface area contributed by atoms with Gasteiger partial charge in [0, 0.05) is 56.7 Å². The Labute approximate surface area is 162 Å². The smallest absolute Gasteiger partial charge is 0.205 e. The van der Waals surface area contributed by atoms with Crippen LogP contribution >= 0.6 is 11.5 Å². The molecule has 0 amide bonds. The van der Waals surface area contributed by atoms with Crippen molar-refractivity contribution in [1.82, 2.24) is 24.5 Å². The van der Waals surface area contributed by atoms with Crippen molar-refractivity contribution < 1.29 is 0 Å². The van der Waals surface area contributed by atoms with E-state index in [1.54, 1.807) is 0 Å². The van der Waals surface area contributed by atoms with Gasteiger partial charge in [-0.1, -0.05) is 20.8 Å². The van der Waals surface area contributed by atoms with E-state index in [1.807, 2.05) is 0 Å². The number of aromatic nitrogens is 2. The maximum Gasteiger partial charge on any atom is 0.205 e. The van der Waals surface area contributed by atoms with E-state index in [-0.39, 0.29) is 0 Å². The summed E-state index contributed by atoms with van der Waals surface area (Å²) >= 11 is 1.52. The molecule has 1 atom stereocenters. The summed E-state index contributed by atoms with van der Waals surface area (Å²) in [6.45, 7) is 18.7. The standard InChI is InChI=1S/C18H35N7S/c1-6-16-21-18(26-22-16)25-12-10-24(11-13-25)17(19-7-2)20-14-15(5)23(8-3)9-4/h15H,6-14H2,1-5H3,(H,19,20). The predicted octanol–water partition coefficient (Wildman–Crippen LogP) is 1.92. The zero-order chi connectivity index (χ0) is 18.9. The molecule has 0 bridgehead atoms. The van der Waals surface area contributed by atoms with Crippen molar-refractivity contribution in [3.63, 3.8) is 0 Å². The van der Waals surface area contributed by atoms with Crippen LogP contribution < -0.4 is 10.2 Å². The highest BCUT2D eigenvalue weighted by Crippen LogP contribution is 2.19. The molecule has 1 aliphatic rings. The van der Waals surface area contributed by atoms with Crippen molar-refractivity contribution >= 4 is 22.6 Å². The minimum Gasteiger partial charge on any atom is -0.357 e. The minimum absolute atomic E-state index is 0.466. The molecule has 7 nitrogen and oxygen atoms in total. The molecule has 1 aliphatic heterocycles. The number of piperazine rings is 1. The molecule has 1 unspecified atom stereocenters. The fourth-order valence-electron chi connectivity index (χ4n) is 3.23. The van der Waals surface area contributed by atoms with Crippen LogP contribution in [0.1, 0.15) is 40.4 Å². The highest BCUT2D eigenvalue weighted by Gasteiger charge is 2.22. The van der Waals surface area contributed by atoms with Gasteiger partial charge in [0.2, 0.25) is 5.13 Å². The molecular formula is C18H35N7S. The van der Waals surface area contributed by atoms with Crippen LogP contribution in [0.2, 0.25) is 0 Å². The minimum atomic E-state index is 0.466. The quantitative estimate of drug-likeness (QED) is 0.548. The van der Waals surface area contributed by atoms with Gasteiger partial charge in [0.15, 0.2) is 5.96 Å². The molecule has 1 aromatic heterocycles. The van der Waals surface area contributed by atoms with Crippen LogP contribution in [0.25, 0.3) is 0 Å². The molecule has 2 rings (SSSR count). The van der Waals surface area contributed by atoms with E-state index in [1.165, 1.54) is 11.5 Å². The van der Waals surface area contributed by atoms with Gasteiger partial charge in [-0.3, -0.25) is 9.89 Å². The Bertz CT molecular complexity index is 547. The highest BCUT2D eigenvalue weighted by atomic mass is 32.1. The van der Waals surface area contributed by atoms with Gasteiger partial charge < -0.3 is 15.1 Å². The number of nitrogens with one attached hydrogen (secondary N) is 1. The van der Waals surface area contributed by atoms with E-state index in [0.29, 0.717) is 6.04 Å². The summed E-state index contributed by atoms with van der Waals surface area (Å²) in [5.74, 6) is 1.99. The van der Waals surface area contributed by atoms with Gasteiger partial charge in [-0.25, -0.2) is 4.98 Å². The van der Waals surface area contributed by atoms with E-state index in [9.17, 15) is 0 Å². The third-order valence-corrected chi connectivity index (χ3v) is 5.71. The average Bonchev–Trinajstić information content (AvgIpc) is 3.15. The van der Waals surface area contributed by atoms with E-state index in [0.717, 1.165) is 75.7 Å². The maximum atomic E-state index is 4.91. The summed E-state index contributed by atoms with van der Waals surface area (Å²) < 4.78 is 4.41. The molecule has 8 heteroatoms. The highest BCUT2D eigenvalue weighted by molar-refractivity contribution is 7.09. The molecule has 0 saturated carbocycles. The zero-order valence-corrected chi connectivity index (χ0v) is 17.8. The van der Waals surface area contributed by atoms with Crippen LogP contribution in [0, 0.1) is 0 Å². The zero-order valence-electron chi connectivity index (χ0n) is 17.0. The molecule has 0 radical (unpaired) electrons. The first kappa shape index (κ1) is 20.9. The molecule has 1 fully saturated rings. The first-order valence-electron chi connectivity index (χ1n) is 9.97. The van der Waals surface area contributed by atoms with Gasteiger partial charge in [0.25, 0.3) is 0 Å². The van der Waals surface area contributed by atoms with E-state index in [2.05, 4.69) is 64.0 Å². The summed E-state index contributed by atoms with van der Waals surface area (Å²) in [5.41, 5.74) is 0. The number of hydrogen-bond donors (Lipinski definition) is 1. The lowest BCUT2D eigenvalue weighted by molar-refractivity contribution is 0.236. The Morgan fingerprint density at radius 1 is 1.19 bits per heavy atom. The summed E-state index contributed by atoms with van der Waals surface area (Å²) in [4.78, 5) is 16.7. The molecular weight excluding hydrogens is 346 g/mol. The molecule has 1 aromatic rings. The summed E-state index contributed by atoms with van der Waals surface area (Å²) in [6, 6.07) is 0.466. The Morgan fingerprint density at radius 2 is 1.88 bits per heavy atom. The Kier molecular flexibility index (Phi) is 8.58. The Morgan fingerprint density at radius 3 is 2.42 bits per heavy atom. The molecule has 1 N–H and O–H groups in total. The van der Waals surface area contributed by atoms with E-state index < -0.39 is 0 Å². The number of anilines is 1. The lowest BCUT2D eigenvalue weighted by Gasteiger charge is -2.36. The number of aryl methyl sites for hydroxylation is 1. The number of rotatable bonds is 8. The van der Waals surface area contributed by atoms with Gasteiger partial charge in [0.1, 0.15) is 5.82 Å². The Hall–Kier alpha value is -1.41. The van der Waals surface area contributed by atoms with Crippen molar-refractivity contribution in [2.75, 3.05) is 57.3 Å². The van der Waals surface area contributed by atoms with Crippen molar-refractivity contribution in [3.8, 4) is 0 Å². The van der Waals surface area contributed by atoms with Crippen LogP contribution in [0.4, 0.5) is 5.13 Å². The first-order valence-corrected chi connectivity index (χ1v) is 10.7. The largest absolute Gasteiger partial charge is 0.357 e. The fourth-order valence-corrected chi connectivity index (χ4v) is 4.03. The monoisotopic (exact) mass is 381 g/mol. The van der Waals surface area contributed by atoms with Gasteiger partial charge in [-0.15, -0.1) is 0 Å². The van der Waals surface area contributed by atoms with Crippen molar-refractivity contribution in [2.24, 2.45) is 4.99 Å². The molecule has 26 heavy (non-hydrogen) atoms. The number of nitrogens with zero attached hydrogens (tertiary/aromatic N) is 6. The normalized spacial score (nSPS) is 17.1. The van der Waals surface area contributed by atoms with Crippen molar-refractivity contribution in [2.45, 2.75) is 47.1 Å². The van der Waals surface area contributed by atoms with Crippen LogP contribution in [-0.2, 0) is 6.42 Å². The van der Waals surface area contributed by atoms with Crippen molar-refractivity contribution in [3.05, 3.63) is 5.82 Å². The van der Waals surface area contributed by atoms with Gasteiger partial charge >= 0.3 is 0 Å².